The SMILES string of the molecule is CCOc1ccc(-c2ccc(C(=O)C(F)(F)F)cc2)cc1CN(C(=O)c1sc2c(F)ccc(F)c2c1Cl)C1CCC(NC)CC1.O=C(O)C(F)(F)F. The van der Waals surface area contributed by atoms with Gasteiger partial charge in [0.2, 0.25) is 0 Å². The summed E-state index contributed by atoms with van der Waals surface area (Å²) < 4.78 is 106. The number of fused-ring (bicyclic) bond motifs is 1. The van der Waals surface area contributed by atoms with E-state index >= 15 is 0 Å². The van der Waals surface area contributed by atoms with Crippen molar-refractivity contribution in [3.63, 3.8) is 0 Å². The average Bonchev–Trinajstić information content (AvgIpc) is 3.46. The van der Waals surface area contributed by atoms with E-state index in [2.05, 4.69) is 5.32 Å². The molecule has 1 amide bonds. The number of Topliss-reactive ketones (excluding diaryl/α,β-unsaturated/α-hetero) is 1. The van der Waals surface area contributed by atoms with Crippen molar-refractivity contribution in [1.29, 1.82) is 0 Å². The molecule has 1 aliphatic carbocycles. The van der Waals surface area contributed by atoms with E-state index in [0.717, 1.165) is 48.4 Å². The van der Waals surface area contributed by atoms with Crippen LogP contribution in [0.2, 0.25) is 5.02 Å². The van der Waals surface area contributed by atoms with Gasteiger partial charge in [-0.15, -0.1) is 11.3 Å². The van der Waals surface area contributed by atoms with Gasteiger partial charge in [-0.05, 0) is 75.0 Å². The highest BCUT2D eigenvalue weighted by atomic mass is 35.5. The van der Waals surface area contributed by atoms with Gasteiger partial charge in [-0.2, -0.15) is 26.3 Å². The average molecular weight is 779 g/mol. The smallest absolute Gasteiger partial charge is 0.490 e. The Morgan fingerprint density at radius 1 is 0.904 bits per heavy atom. The number of aliphatic carboxylic acids is 1. The zero-order chi connectivity index (χ0) is 38.5. The second-order valence-corrected chi connectivity index (χ2v) is 13.1. The number of hydrogen-bond acceptors (Lipinski definition) is 6. The summed E-state index contributed by atoms with van der Waals surface area (Å²) in [5.74, 6) is -6.03. The van der Waals surface area contributed by atoms with Crippen LogP contribution in [0, 0.1) is 11.6 Å². The van der Waals surface area contributed by atoms with Crippen LogP contribution in [0.15, 0.2) is 54.6 Å². The summed E-state index contributed by atoms with van der Waals surface area (Å²) in [6.07, 6.45) is -7.07. The molecule has 1 fully saturated rings. The fourth-order valence-electron chi connectivity index (χ4n) is 5.75. The van der Waals surface area contributed by atoms with E-state index in [1.165, 1.54) is 12.1 Å². The van der Waals surface area contributed by atoms with Crippen LogP contribution in [-0.4, -0.2) is 65.8 Å². The molecule has 0 radical (unpaired) electrons. The van der Waals surface area contributed by atoms with Gasteiger partial charge in [0, 0.05) is 29.8 Å². The molecule has 0 saturated heterocycles. The minimum Gasteiger partial charge on any atom is -0.494 e. The highest BCUT2D eigenvalue weighted by Gasteiger charge is 2.39. The van der Waals surface area contributed by atoms with Crippen LogP contribution in [0.1, 0.15) is 58.2 Å². The topological polar surface area (TPSA) is 95.9 Å². The molecule has 0 unspecified atom stereocenters. The van der Waals surface area contributed by atoms with E-state index in [1.54, 1.807) is 23.1 Å². The summed E-state index contributed by atoms with van der Waals surface area (Å²) in [5.41, 5.74) is 1.35. The van der Waals surface area contributed by atoms with Crippen LogP contribution in [0.25, 0.3) is 21.2 Å². The van der Waals surface area contributed by atoms with Gasteiger partial charge in [0.1, 0.15) is 22.3 Å². The van der Waals surface area contributed by atoms with E-state index < -0.39 is 47.2 Å². The number of rotatable bonds is 9. The number of nitrogens with one attached hydrogen (secondary N) is 1. The third-order valence-electron chi connectivity index (χ3n) is 8.36. The van der Waals surface area contributed by atoms with Gasteiger partial charge >= 0.3 is 18.3 Å². The zero-order valence-electron chi connectivity index (χ0n) is 27.4. The third-order valence-corrected chi connectivity index (χ3v) is 10.0. The molecule has 1 aliphatic rings. The van der Waals surface area contributed by atoms with E-state index in [1.807, 2.05) is 14.0 Å². The monoisotopic (exact) mass is 778 g/mol. The number of carboxylic acids is 1. The van der Waals surface area contributed by atoms with Crippen LogP contribution in [0.3, 0.4) is 0 Å². The minimum absolute atomic E-state index is 0.0328. The minimum atomic E-state index is -5.08. The van der Waals surface area contributed by atoms with Crippen LogP contribution < -0.4 is 10.1 Å². The number of ketones is 1. The summed E-state index contributed by atoms with van der Waals surface area (Å²) in [6, 6.07) is 12.4. The second kappa shape index (κ2) is 16.6. The molecule has 4 aromatic rings. The molecule has 0 aliphatic heterocycles. The van der Waals surface area contributed by atoms with Crippen LogP contribution in [0.5, 0.6) is 5.75 Å². The van der Waals surface area contributed by atoms with Crippen molar-refractivity contribution < 1.29 is 59.4 Å². The maximum atomic E-state index is 14.7. The van der Waals surface area contributed by atoms with Crippen molar-refractivity contribution in [2.75, 3.05) is 13.7 Å². The van der Waals surface area contributed by atoms with Crippen molar-refractivity contribution in [1.82, 2.24) is 10.2 Å². The first-order valence-electron chi connectivity index (χ1n) is 15.7. The Kier molecular flexibility index (Phi) is 12.9. The van der Waals surface area contributed by atoms with Gasteiger partial charge in [0.05, 0.1) is 21.7 Å². The van der Waals surface area contributed by atoms with Crippen LogP contribution >= 0.6 is 22.9 Å². The van der Waals surface area contributed by atoms with Gasteiger partial charge < -0.3 is 20.1 Å². The predicted molar refractivity (Wildman–Crippen MR) is 179 cm³/mol. The van der Waals surface area contributed by atoms with Gasteiger partial charge in [-0.1, -0.05) is 41.9 Å². The number of nitrogens with zero attached hydrogens (tertiary/aromatic N) is 1. The fraction of sp³-hybridized carbons (Fsp3) is 0.343. The summed E-state index contributed by atoms with van der Waals surface area (Å²) in [4.78, 5) is 36.5. The summed E-state index contributed by atoms with van der Waals surface area (Å²) in [5, 5.41) is 10.1. The van der Waals surface area contributed by atoms with Crippen molar-refractivity contribution in [2.45, 2.75) is 63.6 Å². The van der Waals surface area contributed by atoms with Crippen molar-refractivity contribution in [2.24, 2.45) is 0 Å². The van der Waals surface area contributed by atoms with Gasteiger partial charge in [0.15, 0.2) is 0 Å². The van der Waals surface area contributed by atoms with Crippen LogP contribution in [-0.2, 0) is 11.3 Å². The second-order valence-electron chi connectivity index (χ2n) is 11.7. The Morgan fingerprint density at radius 3 is 2.00 bits per heavy atom. The highest BCUT2D eigenvalue weighted by molar-refractivity contribution is 7.21. The summed E-state index contributed by atoms with van der Waals surface area (Å²) >= 11 is 7.35. The Hall–Kier alpha value is -4.28. The summed E-state index contributed by atoms with van der Waals surface area (Å²) in [7, 11) is 1.89. The molecule has 5 rings (SSSR count). The maximum Gasteiger partial charge on any atom is 0.490 e. The number of amides is 1. The largest absolute Gasteiger partial charge is 0.494 e. The third kappa shape index (κ3) is 9.38. The maximum absolute atomic E-state index is 14.7. The number of carbonyl (C=O) groups is 3. The number of thiophene rings is 1. The molecular weight excluding hydrogens is 748 g/mol. The number of hydrogen-bond donors (Lipinski definition) is 2. The highest BCUT2D eigenvalue weighted by Crippen LogP contribution is 2.41. The lowest BCUT2D eigenvalue weighted by Gasteiger charge is -2.37. The standard InChI is InChI=1S/C33H30ClF5N2O3S.C2HF3O2/c1-3-44-26-15-8-20(18-4-6-19(7-5-18)31(42)33(37,38)39)16-21(26)17-41(23-11-9-22(40-2)10-12-23)32(43)30-28(34)27-24(35)13-14-25(36)29(27)45-30;3-2(4,5)1(6)7/h4-8,13-16,22-23,40H,3,9-12,17H2,1-2H3;(H,6,7). The number of halogens is 9. The number of carbonyl (C=O) groups excluding carboxylic acids is 2. The first kappa shape index (κ1) is 40.5. The zero-order valence-corrected chi connectivity index (χ0v) is 29.0. The lowest BCUT2D eigenvalue weighted by Crippen LogP contribution is -2.44. The van der Waals surface area contributed by atoms with Crippen molar-refractivity contribution in [3.8, 4) is 16.9 Å². The number of alkyl halides is 6. The number of benzene rings is 3. The Labute approximate surface area is 301 Å². The molecule has 0 atom stereocenters. The molecule has 0 spiro atoms. The molecular formula is C35H31ClF8N2O5S. The normalized spacial score (nSPS) is 16.2. The molecule has 1 heterocycles. The molecule has 1 saturated carbocycles. The van der Waals surface area contributed by atoms with E-state index in [0.29, 0.717) is 47.9 Å². The Morgan fingerprint density at radius 2 is 1.48 bits per heavy atom. The lowest BCUT2D eigenvalue weighted by molar-refractivity contribution is -0.192. The molecule has 7 nitrogen and oxygen atoms in total. The number of ether oxygens (including phenoxy) is 1. The number of carboxylic acid groups (broad SMARTS) is 1. The molecule has 3 aromatic carbocycles. The first-order chi connectivity index (χ1) is 24.4. The predicted octanol–water partition coefficient (Wildman–Crippen LogP) is 9.45. The van der Waals surface area contributed by atoms with Crippen molar-refractivity contribution in [3.05, 3.63) is 87.3 Å². The molecule has 280 valence electrons. The molecule has 1 aromatic heterocycles. The summed E-state index contributed by atoms with van der Waals surface area (Å²) in [6.45, 7) is 2.23. The molecule has 0 bridgehead atoms. The molecule has 52 heavy (non-hydrogen) atoms. The molecule has 17 heteroatoms. The molecule has 2 N–H and O–H groups in total. The van der Waals surface area contributed by atoms with E-state index in [-0.39, 0.29) is 32.6 Å². The fourth-order valence-corrected chi connectivity index (χ4v) is 7.25. The van der Waals surface area contributed by atoms with Gasteiger partial charge in [-0.25, -0.2) is 13.6 Å². The Balaban J connectivity index is 0.000000785. The first-order valence-corrected chi connectivity index (χ1v) is 16.9. The quantitative estimate of drug-likeness (QED) is 0.130. The van der Waals surface area contributed by atoms with Gasteiger partial charge in [-0.3, -0.25) is 9.59 Å². The van der Waals surface area contributed by atoms with Gasteiger partial charge in [0.25, 0.3) is 11.7 Å². The lowest BCUT2D eigenvalue weighted by atomic mass is 9.89. The Bertz CT molecular complexity index is 1920. The van der Waals surface area contributed by atoms with E-state index in [4.69, 9.17) is 26.2 Å². The van der Waals surface area contributed by atoms with Crippen LogP contribution in [0.4, 0.5) is 35.1 Å². The van der Waals surface area contributed by atoms with Crippen molar-refractivity contribution >= 4 is 50.7 Å². The van der Waals surface area contributed by atoms with E-state index in [9.17, 15) is 44.7 Å².